The summed E-state index contributed by atoms with van der Waals surface area (Å²) < 4.78 is 0. The molecular weight excluding hydrogens is 200 g/mol. The van der Waals surface area contributed by atoms with Crippen LogP contribution < -0.4 is 0 Å². The molecule has 1 atom stereocenters. The van der Waals surface area contributed by atoms with Crippen LogP contribution in [0.5, 0.6) is 0 Å². The molecule has 1 unspecified atom stereocenters. The first-order chi connectivity index (χ1) is 6.77. The monoisotopic (exact) mass is 208 g/mol. The van der Waals surface area contributed by atoms with Crippen LogP contribution >= 0.6 is 11.8 Å². The molecular formula is C9H8N2O2S. The van der Waals surface area contributed by atoms with E-state index in [0.717, 1.165) is 12.0 Å². The second-order valence-electron chi connectivity index (χ2n) is 2.89. The summed E-state index contributed by atoms with van der Waals surface area (Å²) >= 11 is 1.35. The Morgan fingerprint density at radius 1 is 1.50 bits per heavy atom. The smallest absolute Gasteiger partial charge is 0.341 e. The van der Waals surface area contributed by atoms with Gasteiger partial charge in [-0.3, -0.25) is 0 Å². The third-order valence-electron chi connectivity index (χ3n) is 1.95. The van der Waals surface area contributed by atoms with Crippen LogP contribution in [0.2, 0.25) is 0 Å². The second-order valence-corrected chi connectivity index (χ2v) is 4.13. The maximum absolute atomic E-state index is 10.7. The SMILES string of the molecule is O=C(O)C1=CCC(c2cncnc2)S1. The summed E-state index contributed by atoms with van der Waals surface area (Å²) in [5.74, 6) is -0.852. The van der Waals surface area contributed by atoms with Gasteiger partial charge in [0.1, 0.15) is 6.33 Å². The molecule has 5 heteroatoms. The molecule has 1 aromatic heterocycles. The van der Waals surface area contributed by atoms with Crippen LogP contribution in [0.3, 0.4) is 0 Å². The van der Waals surface area contributed by atoms with Crippen molar-refractivity contribution in [2.75, 3.05) is 0 Å². The summed E-state index contributed by atoms with van der Waals surface area (Å²) in [4.78, 5) is 18.9. The predicted molar refractivity (Wildman–Crippen MR) is 52.7 cm³/mol. The van der Waals surface area contributed by atoms with Crippen LogP contribution in [0.1, 0.15) is 17.2 Å². The van der Waals surface area contributed by atoms with Gasteiger partial charge < -0.3 is 5.11 Å². The van der Waals surface area contributed by atoms with E-state index in [2.05, 4.69) is 9.97 Å². The molecule has 0 aromatic carbocycles. The molecule has 1 aliphatic heterocycles. The number of hydrogen-bond acceptors (Lipinski definition) is 4. The van der Waals surface area contributed by atoms with Crippen molar-refractivity contribution in [2.24, 2.45) is 0 Å². The highest BCUT2D eigenvalue weighted by molar-refractivity contribution is 8.04. The van der Waals surface area contributed by atoms with Gasteiger partial charge in [-0.1, -0.05) is 6.08 Å². The molecule has 0 spiro atoms. The molecule has 0 radical (unpaired) electrons. The van der Waals surface area contributed by atoms with E-state index in [1.165, 1.54) is 18.1 Å². The average molecular weight is 208 g/mol. The van der Waals surface area contributed by atoms with E-state index in [1.54, 1.807) is 18.5 Å². The van der Waals surface area contributed by atoms with Crippen LogP contribution in [-0.4, -0.2) is 21.0 Å². The lowest BCUT2D eigenvalue weighted by Gasteiger charge is -2.07. The molecule has 1 aliphatic rings. The molecule has 2 rings (SSSR count). The fourth-order valence-corrected chi connectivity index (χ4v) is 2.33. The Morgan fingerprint density at radius 2 is 2.21 bits per heavy atom. The van der Waals surface area contributed by atoms with Crippen LogP contribution in [-0.2, 0) is 4.79 Å². The zero-order valence-electron chi connectivity index (χ0n) is 7.25. The van der Waals surface area contributed by atoms with Crippen molar-refractivity contribution in [1.82, 2.24) is 9.97 Å². The number of aliphatic carboxylic acids is 1. The zero-order chi connectivity index (χ0) is 9.97. The van der Waals surface area contributed by atoms with Crippen molar-refractivity contribution >= 4 is 17.7 Å². The van der Waals surface area contributed by atoms with Crippen molar-refractivity contribution < 1.29 is 9.90 Å². The first kappa shape index (κ1) is 9.21. The molecule has 0 saturated carbocycles. The topological polar surface area (TPSA) is 63.1 Å². The quantitative estimate of drug-likeness (QED) is 0.800. The highest BCUT2D eigenvalue weighted by Gasteiger charge is 2.23. The van der Waals surface area contributed by atoms with Gasteiger partial charge in [0.05, 0.1) is 4.91 Å². The van der Waals surface area contributed by atoms with Crippen molar-refractivity contribution in [3.8, 4) is 0 Å². The molecule has 0 fully saturated rings. The van der Waals surface area contributed by atoms with E-state index in [4.69, 9.17) is 5.11 Å². The number of carboxylic acid groups (broad SMARTS) is 1. The summed E-state index contributed by atoms with van der Waals surface area (Å²) in [6.07, 6.45) is 7.39. The number of carbonyl (C=O) groups is 1. The lowest BCUT2D eigenvalue weighted by molar-refractivity contribution is -0.131. The Hall–Kier alpha value is -1.36. The van der Waals surface area contributed by atoms with Crippen molar-refractivity contribution in [2.45, 2.75) is 11.7 Å². The summed E-state index contributed by atoms with van der Waals surface area (Å²) in [6, 6.07) is 0. The largest absolute Gasteiger partial charge is 0.477 e. The maximum atomic E-state index is 10.7. The van der Waals surface area contributed by atoms with E-state index in [0.29, 0.717) is 4.91 Å². The van der Waals surface area contributed by atoms with Gasteiger partial charge in [0.2, 0.25) is 0 Å². The molecule has 0 bridgehead atoms. The number of aromatic nitrogens is 2. The third kappa shape index (κ3) is 1.77. The van der Waals surface area contributed by atoms with Gasteiger partial charge in [0, 0.05) is 23.2 Å². The first-order valence-corrected chi connectivity index (χ1v) is 5.00. The Bertz CT molecular complexity index is 378. The van der Waals surface area contributed by atoms with Gasteiger partial charge in [-0.25, -0.2) is 14.8 Å². The van der Waals surface area contributed by atoms with Crippen LogP contribution in [0, 0.1) is 0 Å². The highest BCUT2D eigenvalue weighted by Crippen LogP contribution is 2.42. The average Bonchev–Trinajstić information content (AvgIpc) is 2.68. The number of nitrogens with zero attached hydrogens (tertiary/aromatic N) is 2. The van der Waals surface area contributed by atoms with Gasteiger partial charge in [-0.15, -0.1) is 11.8 Å². The summed E-state index contributed by atoms with van der Waals surface area (Å²) in [5.41, 5.74) is 0.977. The van der Waals surface area contributed by atoms with E-state index in [1.807, 2.05) is 0 Å². The fraction of sp³-hybridized carbons (Fsp3) is 0.222. The summed E-state index contributed by atoms with van der Waals surface area (Å²) in [5, 5.41) is 8.91. The van der Waals surface area contributed by atoms with Gasteiger partial charge in [-0.2, -0.15) is 0 Å². The normalized spacial score (nSPS) is 20.6. The molecule has 14 heavy (non-hydrogen) atoms. The molecule has 1 aromatic rings. The standard InChI is InChI=1S/C9H8N2O2S/c12-9(13)8-2-1-7(14-8)6-3-10-5-11-4-6/h2-5,7H,1H2,(H,12,13). The van der Waals surface area contributed by atoms with Gasteiger partial charge in [0.25, 0.3) is 0 Å². The number of carboxylic acids is 1. The minimum atomic E-state index is -0.852. The molecule has 4 nitrogen and oxygen atoms in total. The van der Waals surface area contributed by atoms with E-state index < -0.39 is 5.97 Å². The second kappa shape index (κ2) is 3.79. The minimum Gasteiger partial charge on any atom is -0.477 e. The highest BCUT2D eigenvalue weighted by atomic mass is 32.2. The van der Waals surface area contributed by atoms with Crippen molar-refractivity contribution in [1.29, 1.82) is 0 Å². The Morgan fingerprint density at radius 3 is 2.79 bits per heavy atom. The zero-order valence-corrected chi connectivity index (χ0v) is 8.07. The van der Waals surface area contributed by atoms with Gasteiger partial charge in [0.15, 0.2) is 0 Å². The summed E-state index contributed by atoms with van der Waals surface area (Å²) in [6.45, 7) is 0. The number of thioether (sulfide) groups is 1. The minimum absolute atomic E-state index is 0.155. The van der Waals surface area contributed by atoms with Crippen LogP contribution in [0.15, 0.2) is 29.7 Å². The summed E-state index contributed by atoms with van der Waals surface area (Å²) in [7, 11) is 0. The Kier molecular flexibility index (Phi) is 2.49. The fourth-order valence-electron chi connectivity index (χ4n) is 1.28. The van der Waals surface area contributed by atoms with Crippen molar-refractivity contribution in [3.63, 3.8) is 0 Å². The van der Waals surface area contributed by atoms with Crippen LogP contribution in [0.4, 0.5) is 0 Å². The predicted octanol–water partition coefficient (Wildman–Crippen LogP) is 1.62. The Labute approximate surface area is 85.1 Å². The molecule has 0 aliphatic carbocycles. The van der Waals surface area contributed by atoms with Crippen LogP contribution in [0.25, 0.3) is 0 Å². The lowest BCUT2D eigenvalue weighted by Crippen LogP contribution is -1.95. The van der Waals surface area contributed by atoms with Gasteiger partial charge >= 0.3 is 5.97 Å². The molecule has 1 N–H and O–H groups in total. The number of hydrogen-bond donors (Lipinski definition) is 1. The van der Waals surface area contributed by atoms with Gasteiger partial charge in [-0.05, 0) is 6.42 Å². The molecule has 2 heterocycles. The third-order valence-corrected chi connectivity index (χ3v) is 3.29. The molecule has 0 saturated heterocycles. The lowest BCUT2D eigenvalue weighted by atomic mass is 10.2. The molecule has 72 valence electrons. The Balaban J connectivity index is 2.10. The first-order valence-electron chi connectivity index (χ1n) is 4.12. The van der Waals surface area contributed by atoms with E-state index >= 15 is 0 Å². The van der Waals surface area contributed by atoms with Crippen molar-refractivity contribution in [3.05, 3.63) is 35.3 Å². The number of rotatable bonds is 2. The number of allylic oxidation sites excluding steroid dienone is 1. The maximum Gasteiger partial charge on any atom is 0.341 e. The molecule has 0 amide bonds. The van der Waals surface area contributed by atoms with E-state index in [-0.39, 0.29) is 5.25 Å². The van der Waals surface area contributed by atoms with E-state index in [9.17, 15) is 4.79 Å².